The maximum Gasteiger partial charge on any atom is 0.418 e. The summed E-state index contributed by atoms with van der Waals surface area (Å²) in [6.07, 6.45) is -6.69. The van der Waals surface area contributed by atoms with Gasteiger partial charge in [0.05, 0.1) is 76.0 Å². The first-order valence-electron chi connectivity index (χ1n) is 17.1. The second-order valence-corrected chi connectivity index (χ2v) is 18.6. The van der Waals surface area contributed by atoms with E-state index in [1.54, 1.807) is 47.6 Å². The van der Waals surface area contributed by atoms with Crippen LogP contribution in [0.1, 0.15) is 63.0 Å². The molecule has 59 heavy (non-hydrogen) atoms. The fourth-order valence-corrected chi connectivity index (χ4v) is 7.75. The Hall–Kier alpha value is -5.06. The van der Waals surface area contributed by atoms with E-state index in [1.165, 1.54) is 24.5 Å². The Balaban J connectivity index is 0.000000219. The molecule has 0 aliphatic carbocycles. The number of H-pyrrole nitrogens is 2. The van der Waals surface area contributed by atoms with Gasteiger partial charge in [0.15, 0.2) is 10.3 Å². The van der Waals surface area contributed by atoms with Crippen molar-refractivity contribution < 1.29 is 45.5 Å². The molecule has 4 aromatic heterocycles. The minimum absolute atomic E-state index is 0.00128. The van der Waals surface area contributed by atoms with Gasteiger partial charge in [0.2, 0.25) is 5.91 Å². The number of hydrogen-bond donors (Lipinski definition) is 5. The van der Waals surface area contributed by atoms with Crippen molar-refractivity contribution in [3.63, 3.8) is 0 Å². The Bertz CT molecular complexity index is 2750. The topological polar surface area (TPSA) is 180 Å². The van der Waals surface area contributed by atoms with E-state index in [-0.39, 0.29) is 53.7 Å². The van der Waals surface area contributed by atoms with Crippen molar-refractivity contribution in [2.24, 2.45) is 0 Å². The molecule has 0 aliphatic heterocycles. The second-order valence-electron chi connectivity index (χ2n) is 14.2. The van der Waals surface area contributed by atoms with Crippen LogP contribution < -0.4 is 16.0 Å². The average Bonchev–Trinajstić information content (AvgIpc) is 3.92. The number of ether oxygens (including phenoxy) is 1. The van der Waals surface area contributed by atoms with Crippen LogP contribution >= 0.6 is 50.2 Å². The molecule has 0 atom stereocenters. The van der Waals surface area contributed by atoms with E-state index in [0.717, 1.165) is 34.8 Å². The number of carbonyl (C=O) groups excluding carboxylic acids is 3. The van der Waals surface area contributed by atoms with Crippen molar-refractivity contribution in [3.8, 4) is 0 Å². The molecule has 0 bridgehead atoms. The highest BCUT2D eigenvalue weighted by Crippen LogP contribution is 2.43. The van der Waals surface area contributed by atoms with Gasteiger partial charge < -0.3 is 15.4 Å². The van der Waals surface area contributed by atoms with Gasteiger partial charge in [-0.25, -0.2) is 14.8 Å². The van der Waals surface area contributed by atoms with Crippen molar-refractivity contribution in [1.29, 1.82) is 0 Å². The maximum atomic E-state index is 13.6. The van der Waals surface area contributed by atoms with Gasteiger partial charge in [-0.2, -0.15) is 36.5 Å². The molecule has 13 nitrogen and oxygen atoms in total. The lowest BCUT2D eigenvalue weighted by atomic mass is 10.0. The summed E-state index contributed by atoms with van der Waals surface area (Å²) in [6, 6.07) is 6.48. The molecule has 7 aromatic rings. The standard InChI is InChI=1S/C23H21ClF3N5O3S.C13H10BrF3N4OS/c1-10(2)35-19(33)12-7-11(5-6-15(12)24)31-22(3,4)20(34)30-21-29-17-14(23(25,26)27)8-16-13(9-28-32-16)18(17)36-21;1-12(2,14)10(22)20-11-19-8-6(13(15,16)17)3-7-5(4-18-21-7)9(8)23-11/h5-10,31H,1-4H3,(H,28,32)(H,29,30,34);3-4H,1-2H3,(H,18,21)(H,19,20,22). The Morgan fingerprint density at radius 1 is 0.780 bits per heavy atom. The van der Waals surface area contributed by atoms with Gasteiger partial charge >= 0.3 is 18.3 Å². The first-order chi connectivity index (χ1) is 27.3. The molecule has 7 rings (SSSR count). The lowest BCUT2D eigenvalue weighted by Gasteiger charge is -2.26. The van der Waals surface area contributed by atoms with E-state index in [9.17, 15) is 40.7 Å². The van der Waals surface area contributed by atoms with E-state index in [2.05, 4.69) is 62.2 Å². The number of nitrogens with one attached hydrogen (secondary N) is 5. The third-order valence-electron chi connectivity index (χ3n) is 8.31. The van der Waals surface area contributed by atoms with E-state index in [1.807, 2.05) is 0 Å². The fraction of sp³-hybridized carbons (Fsp3) is 0.306. The average molecular weight is 947 g/mol. The molecule has 0 saturated carbocycles. The number of alkyl halides is 7. The largest absolute Gasteiger partial charge is 0.459 e. The van der Waals surface area contributed by atoms with Crippen LogP contribution in [0, 0.1) is 0 Å². The zero-order chi connectivity index (χ0) is 43.4. The lowest BCUT2D eigenvalue weighted by Crippen LogP contribution is -2.44. The number of esters is 1. The predicted octanol–water partition coefficient (Wildman–Crippen LogP) is 10.5. The van der Waals surface area contributed by atoms with Gasteiger partial charge in [-0.3, -0.25) is 25.1 Å². The molecule has 5 N–H and O–H groups in total. The second kappa shape index (κ2) is 15.8. The van der Waals surface area contributed by atoms with Crippen molar-refractivity contribution in [3.05, 3.63) is 64.4 Å². The van der Waals surface area contributed by atoms with Crippen LogP contribution in [0.25, 0.3) is 42.2 Å². The number of rotatable bonds is 8. The summed E-state index contributed by atoms with van der Waals surface area (Å²) < 4.78 is 85.6. The molecule has 0 saturated heterocycles. The number of anilines is 3. The number of thiazole rings is 2. The smallest absolute Gasteiger partial charge is 0.418 e. The van der Waals surface area contributed by atoms with Gasteiger partial charge in [-0.1, -0.05) is 50.2 Å². The first-order valence-corrected chi connectivity index (χ1v) is 19.9. The third-order valence-corrected chi connectivity index (χ3v) is 11.0. The molecular weight excluding hydrogens is 916 g/mol. The van der Waals surface area contributed by atoms with Gasteiger partial charge in [-0.15, -0.1) is 0 Å². The van der Waals surface area contributed by atoms with Crippen LogP contribution in [0.3, 0.4) is 0 Å². The van der Waals surface area contributed by atoms with Crippen LogP contribution in [0.2, 0.25) is 5.02 Å². The van der Waals surface area contributed by atoms with Gasteiger partial charge in [-0.05, 0) is 71.9 Å². The molecule has 4 heterocycles. The summed E-state index contributed by atoms with van der Waals surface area (Å²) in [5, 5.41) is 22.1. The highest BCUT2D eigenvalue weighted by molar-refractivity contribution is 9.10. The summed E-state index contributed by atoms with van der Waals surface area (Å²) in [5.41, 5.74) is -2.47. The molecule has 23 heteroatoms. The number of halogens is 8. The molecule has 3 aromatic carbocycles. The van der Waals surface area contributed by atoms with Crippen molar-refractivity contribution >= 4 is 126 Å². The van der Waals surface area contributed by atoms with Gasteiger partial charge in [0.1, 0.15) is 5.54 Å². The van der Waals surface area contributed by atoms with Crippen LogP contribution in [-0.2, 0) is 26.7 Å². The van der Waals surface area contributed by atoms with Gasteiger partial charge in [0, 0.05) is 16.5 Å². The summed E-state index contributed by atoms with van der Waals surface area (Å²) >= 11 is 11.2. The molecule has 312 valence electrons. The van der Waals surface area contributed by atoms with Crippen LogP contribution in [-0.4, -0.2) is 64.1 Å². The highest BCUT2D eigenvalue weighted by atomic mass is 79.9. The fourth-order valence-electron chi connectivity index (χ4n) is 5.46. The van der Waals surface area contributed by atoms with Crippen LogP contribution in [0.5, 0.6) is 0 Å². The van der Waals surface area contributed by atoms with Crippen LogP contribution in [0.4, 0.5) is 42.3 Å². The van der Waals surface area contributed by atoms with Crippen molar-refractivity contribution in [1.82, 2.24) is 30.4 Å². The summed E-state index contributed by atoms with van der Waals surface area (Å²) in [5.74, 6) is -1.56. The molecule has 0 fully saturated rings. The summed E-state index contributed by atoms with van der Waals surface area (Å²) in [7, 11) is 0. The molecule has 0 spiro atoms. The van der Waals surface area contributed by atoms with E-state index in [4.69, 9.17) is 16.3 Å². The van der Waals surface area contributed by atoms with E-state index < -0.39 is 51.1 Å². The van der Waals surface area contributed by atoms with E-state index >= 15 is 0 Å². The Kier molecular flexibility index (Phi) is 11.7. The number of hydrogen-bond acceptors (Lipinski definition) is 11. The quantitative estimate of drug-likeness (QED) is 0.0563. The predicted molar refractivity (Wildman–Crippen MR) is 219 cm³/mol. The zero-order valence-electron chi connectivity index (χ0n) is 31.4. The maximum absolute atomic E-state index is 13.6. The monoisotopic (exact) mass is 945 g/mol. The number of nitrogens with zero attached hydrogens (tertiary/aromatic N) is 4. The molecule has 2 amide bonds. The highest BCUT2D eigenvalue weighted by Gasteiger charge is 2.37. The Morgan fingerprint density at radius 2 is 1.25 bits per heavy atom. The lowest BCUT2D eigenvalue weighted by molar-refractivity contribution is -0.137. The molecule has 0 aliphatic rings. The molecule has 0 radical (unpaired) electrons. The number of amides is 2. The van der Waals surface area contributed by atoms with Crippen molar-refractivity contribution in [2.75, 3.05) is 16.0 Å². The van der Waals surface area contributed by atoms with Crippen molar-refractivity contribution in [2.45, 2.75) is 69.9 Å². The normalized spacial score (nSPS) is 12.6. The SMILES string of the molecule is CC(C)(Br)C(=O)Nc1nc2c(C(F)(F)F)cc3[nH]ncc3c2s1.CC(C)OC(=O)c1cc(NC(C)(C)C(=O)Nc2nc3c(C(F)(F)F)cc4[nH]ncc4c3s2)ccc1Cl. The molecular formula is C36H31BrClF6N9O4S2. The van der Waals surface area contributed by atoms with Crippen LogP contribution in [0.15, 0.2) is 42.7 Å². The van der Waals surface area contributed by atoms with E-state index in [0.29, 0.717) is 21.2 Å². The number of aromatic nitrogens is 6. The zero-order valence-corrected chi connectivity index (χ0v) is 35.4. The number of benzene rings is 3. The summed E-state index contributed by atoms with van der Waals surface area (Å²) in [4.78, 5) is 45.4. The first kappa shape index (κ1) is 43.5. The molecule has 0 unspecified atom stereocenters. The van der Waals surface area contributed by atoms with Gasteiger partial charge in [0.25, 0.3) is 5.91 Å². The Labute approximate surface area is 350 Å². The Morgan fingerprint density at radius 3 is 1.69 bits per heavy atom. The summed E-state index contributed by atoms with van der Waals surface area (Å²) in [6.45, 7) is 9.82. The minimum atomic E-state index is -4.64. The number of aromatic amines is 2. The minimum Gasteiger partial charge on any atom is -0.459 e. The third kappa shape index (κ3) is 9.39. The number of carbonyl (C=O) groups is 3. The number of fused-ring (bicyclic) bond motifs is 6.